The third kappa shape index (κ3) is 2.85. The zero-order valence-corrected chi connectivity index (χ0v) is 10.6. The summed E-state index contributed by atoms with van der Waals surface area (Å²) < 4.78 is 0. The summed E-state index contributed by atoms with van der Waals surface area (Å²) in [4.78, 5) is 11.0. The average molecular weight is 223 g/mol. The van der Waals surface area contributed by atoms with Crippen LogP contribution in [0.1, 0.15) is 45.4 Å². The van der Waals surface area contributed by atoms with E-state index in [1.165, 1.54) is 38.5 Å². The standard InChI is InChI=1S/C14H25NO/c1-10-3-6-12(14(9-16)15-2)8-13(10)7-11-4-5-11/h9-15H,3-8H2,1-2H3/t10-,12+,13-,14+/m0/s1. The number of rotatable bonds is 5. The van der Waals surface area contributed by atoms with Gasteiger partial charge in [0, 0.05) is 0 Å². The van der Waals surface area contributed by atoms with Gasteiger partial charge in [-0.1, -0.05) is 26.2 Å². The zero-order valence-electron chi connectivity index (χ0n) is 10.6. The van der Waals surface area contributed by atoms with E-state index < -0.39 is 0 Å². The molecule has 0 radical (unpaired) electrons. The van der Waals surface area contributed by atoms with E-state index in [2.05, 4.69) is 12.2 Å². The number of nitrogens with one attached hydrogen (secondary N) is 1. The Hall–Kier alpha value is -0.370. The first kappa shape index (κ1) is 12.1. The van der Waals surface area contributed by atoms with Crippen LogP contribution >= 0.6 is 0 Å². The highest BCUT2D eigenvalue weighted by atomic mass is 16.1. The lowest BCUT2D eigenvalue weighted by molar-refractivity contribution is -0.111. The first-order valence-corrected chi connectivity index (χ1v) is 6.87. The van der Waals surface area contributed by atoms with E-state index in [9.17, 15) is 4.79 Å². The number of hydrogen-bond acceptors (Lipinski definition) is 2. The summed E-state index contributed by atoms with van der Waals surface area (Å²) >= 11 is 0. The lowest BCUT2D eigenvalue weighted by Crippen LogP contribution is -2.39. The molecular formula is C14H25NO. The van der Waals surface area contributed by atoms with E-state index >= 15 is 0 Å². The second-order valence-electron chi connectivity index (χ2n) is 5.94. The quantitative estimate of drug-likeness (QED) is 0.726. The van der Waals surface area contributed by atoms with Crippen molar-refractivity contribution in [2.24, 2.45) is 23.7 Å². The minimum Gasteiger partial charge on any atom is -0.311 e. The fourth-order valence-corrected chi connectivity index (χ4v) is 3.30. The molecular weight excluding hydrogens is 198 g/mol. The van der Waals surface area contributed by atoms with Gasteiger partial charge in [-0.05, 0) is 50.0 Å². The first-order chi connectivity index (χ1) is 7.74. The van der Waals surface area contributed by atoms with Crippen LogP contribution < -0.4 is 5.32 Å². The molecule has 2 saturated carbocycles. The molecule has 0 aliphatic heterocycles. The Balaban J connectivity index is 1.89. The monoisotopic (exact) mass is 223 g/mol. The molecule has 0 amide bonds. The van der Waals surface area contributed by atoms with Gasteiger partial charge in [-0.15, -0.1) is 0 Å². The molecule has 0 saturated heterocycles. The summed E-state index contributed by atoms with van der Waals surface area (Å²) in [6.45, 7) is 2.40. The van der Waals surface area contributed by atoms with Crippen molar-refractivity contribution < 1.29 is 4.79 Å². The predicted octanol–water partition coefficient (Wildman–Crippen LogP) is 2.63. The van der Waals surface area contributed by atoms with Gasteiger partial charge < -0.3 is 10.1 Å². The molecule has 2 aliphatic rings. The summed E-state index contributed by atoms with van der Waals surface area (Å²) in [5.74, 6) is 3.36. The van der Waals surface area contributed by atoms with Gasteiger partial charge in [0.05, 0.1) is 6.04 Å². The maximum atomic E-state index is 11.0. The Morgan fingerprint density at radius 2 is 2.06 bits per heavy atom. The van der Waals surface area contributed by atoms with Gasteiger partial charge in [0.1, 0.15) is 6.29 Å². The molecule has 92 valence electrons. The van der Waals surface area contributed by atoms with E-state index in [0.29, 0.717) is 5.92 Å². The Morgan fingerprint density at radius 1 is 1.31 bits per heavy atom. The molecule has 2 fully saturated rings. The molecule has 2 heteroatoms. The fourth-order valence-electron chi connectivity index (χ4n) is 3.30. The number of carbonyl (C=O) groups is 1. The fraction of sp³-hybridized carbons (Fsp3) is 0.929. The van der Waals surface area contributed by atoms with Crippen LogP contribution in [0.5, 0.6) is 0 Å². The van der Waals surface area contributed by atoms with Crippen molar-refractivity contribution in [1.82, 2.24) is 5.32 Å². The van der Waals surface area contributed by atoms with Crippen LogP contribution in [0.3, 0.4) is 0 Å². The van der Waals surface area contributed by atoms with Gasteiger partial charge in [0.25, 0.3) is 0 Å². The highest BCUT2D eigenvalue weighted by molar-refractivity contribution is 5.58. The van der Waals surface area contributed by atoms with Gasteiger partial charge in [-0.3, -0.25) is 0 Å². The molecule has 0 heterocycles. The SMILES string of the molecule is CN[C@H](C=O)[C@@H]1CC[C@H](C)[C@@H](CC2CC2)C1. The molecule has 16 heavy (non-hydrogen) atoms. The van der Waals surface area contributed by atoms with E-state index in [-0.39, 0.29) is 6.04 Å². The third-order valence-electron chi connectivity index (χ3n) is 4.72. The minimum atomic E-state index is 0.0919. The molecule has 2 rings (SSSR count). The highest BCUT2D eigenvalue weighted by Gasteiger charge is 2.35. The maximum Gasteiger partial charge on any atom is 0.137 e. The molecule has 0 spiro atoms. The molecule has 0 aromatic heterocycles. The predicted molar refractivity (Wildman–Crippen MR) is 66.2 cm³/mol. The minimum absolute atomic E-state index is 0.0919. The van der Waals surface area contributed by atoms with Gasteiger partial charge in [0.15, 0.2) is 0 Å². The van der Waals surface area contributed by atoms with E-state index in [0.717, 1.165) is 24.0 Å². The van der Waals surface area contributed by atoms with Gasteiger partial charge in [0.2, 0.25) is 0 Å². The van der Waals surface area contributed by atoms with E-state index in [4.69, 9.17) is 0 Å². The Kier molecular flexibility index (Phi) is 4.01. The summed E-state index contributed by atoms with van der Waals surface area (Å²) in [6, 6.07) is 0.0919. The number of aldehydes is 1. The van der Waals surface area contributed by atoms with Crippen molar-refractivity contribution >= 4 is 6.29 Å². The van der Waals surface area contributed by atoms with Gasteiger partial charge in [-0.25, -0.2) is 0 Å². The molecule has 2 nitrogen and oxygen atoms in total. The van der Waals surface area contributed by atoms with Gasteiger partial charge in [-0.2, -0.15) is 0 Å². The summed E-state index contributed by atoms with van der Waals surface area (Å²) in [5.41, 5.74) is 0. The zero-order chi connectivity index (χ0) is 11.5. The van der Waals surface area contributed by atoms with E-state index in [1.54, 1.807) is 0 Å². The smallest absolute Gasteiger partial charge is 0.137 e. The van der Waals surface area contributed by atoms with Crippen LogP contribution in [0.2, 0.25) is 0 Å². The Labute approximate surface area is 99.2 Å². The molecule has 2 aliphatic carbocycles. The second kappa shape index (κ2) is 5.31. The maximum absolute atomic E-state index is 11.0. The van der Waals surface area contributed by atoms with Crippen LogP contribution in [0.15, 0.2) is 0 Å². The van der Waals surface area contributed by atoms with Crippen LogP contribution in [0, 0.1) is 23.7 Å². The Morgan fingerprint density at radius 3 is 2.62 bits per heavy atom. The van der Waals surface area contributed by atoms with Crippen molar-refractivity contribution in [2.45, 2.75) is 51.5 Å². The van der Waals surface area contributed by atoms with Crippen molar-refractivity contribution in [3.8, 4) is 0 Å². The van der Waals surface area contributed by atoms with Crippen LogP contribution in [-0.2, 0) is 4.79 Å². The van der Waals surface area contributed by atoms with Crippen molar-refractivity contribution in [2.75, 3.05) is 7.05 Å². The summed E-state index contributed by atoms with van der Waals surface area (Å²) in [7, 11) is 1.91. The van der Waals surface area contributed by atoms with Crippen molar-refractivity contribution in [3.63, 3.8) is 0 Å². The number of carbonyl (C=O) groups excluding carboxylic acids is 1. The number of likely N-dealkylation sites (N-methyl/N-ethyl adjacent to an activating group) is 1. The largest absolute Gasteiger partial charge is 0.311 e. The molecule has 1 N–H and O–H groups in total. The highest BCUT2D eigenvalue weighted by Crippen LogP contribution is 2.44. The lowest BCUT2D eigenvalue weighted by Gasteiger charge is -2.36. The topological polar surface area (TPSA) is 29.1 Å². The third-order valence-corrected chi connectivity index (χ3v) is 4.72. The Bertz CT molecular complexity index is 237. The number of hydrogen-bond donors (Lipinski definition) is 1. The van der Waals surface area contributed by atoms with Crippen molar-refractivity contribution in [3.05, 3.63) is 0 Å². The van der Waals surface area contributed by atoms with Crippen molar-refractivity contribution in [1.29, 1.82) is 0 Å². The molecule has 4 atom stereocenters. The van der Waals surface area contributed by atoms with Crippen LogP contribution in [0.25, 0.3) is 0 Å². The molecule has 0 bridgehead atoms. The lowest BCUT2D eigenvalue weighted by atomic mass is 9.71. The second-order valence-corrected chi connectivity index (χ2v) is 5.94. The summed E-state index contributed by atoms with van der Waals surface area (Å²) in [6.07, 6.45) is 9.25. The molecule has 0 aromatic rings. The average Bonchev–Trinajstić information content (AvgIpc) is 3.08. The first-order valence-electron chi connectivity index (χ1n) is 6.87. The van der Waals surface area contributed by atoms with Gasteiger partial charge >= 0.3 is 0 Å². The van der Waals surface area contributed by atoms with Crippen LogP contribution in [-0.4, -0.2) is 19.4 Å². The molecule has 0 aromatic carbocycles. The van der Waals surface area contributed by atoms with Crippen LogP contribution in [0.4, 0.5) is 0 Å². The normalized spacial score (nSPS) is 37.0. The van der Waals surface area contributed by atoms with E-state index in [1.807, 2.05) is 7.05 Å². The summed E-state index contributed by atoms with van der Waals surface area (Å²) in [5, 5.41) is 3.16. The molecule has 0 unspecified atom stereocenters.